The molecule has 0 spiro atoms. The minimum absolute atomic E-state index is 0.0164. The third kappa shape index (κ3) is 3.01. The molecule has 1 aliphatic heterocycles. The molecule has 1 fully saturated rings. The summed E-state index contributed by atoms with van der Waals surface area (Å²) in [5, 5.41) is 11.1. The lowest BCUT2D eigenvalue weighted by Crippen LogP contribution is -2.34. The van der Waals surface area contributed by atoms with Crippen molar-refractivity contribution in [3.05, 3.63) is 60.7 Å². The van der Waals surface area contributed by atoms with E-state index in [-0.39, 0.29) is 30.4 Å². The van der Waals surface area contributed by atoms with Crippen LogP contribution in [0.5, 0.6) is 0 Å². The number of benzene rings is 2. The smallest absolute Gasteiger partial charge is 0.149 e. The van der Waals surface area contributed by atoms with Gasteiger partial charge >= 0.3 is 0 Å². The van der Waals surface area contributed by atoms with Gasteiger partial charge in [-0.05, 0) is 5.92 Å². The zero-order valence-electron chi connectivity index (χ0n) is 13.5. The Morgan fingerprint density at radius 2 is 1.48 bits per heavy atom. The molecule has 0 aliphatic carbocycles. The van der Waals surface area contributed by atoms with Crippen LogP contribution in [0.15, 0.2) is 60.7 Å². The van der Waals surface area contributed by atoms with Crippen molar-refractivity contribution in [2.24, 2.45) is 5.92 Å². The average Bonchev–Trinajstić information content (AvgIpc) is 3.35. The summed E-state index contributed by atoms with van der Waals surface area (Å²) >= 11 is 0. The fraction of sp³-hybridized carbons (Fsp3) is 0.368. The molecule has 0 radical (unpaired) electrons. The molecule has 2 aromatic rings. The average molecular weight is 330 g/mol. The molecule has 1 heterocycles. The van der Waals surface area contributed by atoms with Gasteiger partial charge in [0.15, 0.2) is 0 Å². The van der Waals surface area contributed by atoms with Gasteiger partial charge in [-0.3, -0.25) is 0 Å². The summed E-state index contributed by atoms with van der Waals surface area (Å²) in [6, 6.07) is 19.4. The zero-order chi connectivity index (χ0) is 16.4. The van der Waals surface area contributed by atoms with Crippen LogP contribution in [0.4, 0.5) is 0 Å². The molecule has 23 heavy (non-hydrogen) atoms. The summed E-state index contributed by atoms with van der Waals surface area (Å²) in [6.45, 7) is 4.15. The normalized spacial score (nSPS) is 22.1. The number of rotatable bonds is 6. The third-order valence-corrected chi connectivity index (χ3v) is 8.38. The summed E-state index contributed by atoms with van der Waals surface area (Å²) in [7, 11) is -2.87. The van der Waals surface area contributed by atoms with Crippen LogP contribution in [0.3, 0.4) is 0 Å². The van der Waals surface area contributed by atoms with E-state index in [1.54, 1.807) is 0 Å². The van der Waals surface area contributed by atoms with Gasteiger partial charge in [0.05, 0.1) is 18.4 Å². The summed E-state index contributed by atoms with van der Waals surface area (Å²) in [4.78, 5) is 0. The first-order valence-corrected chi connectivity index (χ1v) is 9.84. The number of aliphatic hydroxyl groups is 1. The van der Waals surface area contributed by atoms with Gasteiger partial charge in [0.25, 0.3) is 0 Å². The maximum Gasteiger partial charge on any atom is 0.149 e. The molecule has 122 valence electrons. The topological polar surface area (TPSA) is 49.8 Å². The lowest BCUT2D eigenvalue weighted by molar-refractivity contribution is 0.241. The second-order valence-electron chi connectivity index (χ2n) is 6.39. The molecule has 3 nitrogen and oxygen atoms in total. The second kappa shape index (κ2) is 6.60. The van der Waals surface area contributed by atoms with Crippen molar-refractivity contribution in [3.8, 4) is 0 Å². The maximum atomic E-state index is 14.3. The molecule has 3 atom stereocenters. The zero-order valence-corrected chi connectivity index (χ0v) is 14.4. The Hall–Kier alpha value is -1.41. The van der Waals surface area contributed by atoms with Gasteiger partial charge in [0, 0.05) is 10.6 Å². The van der Waals surface area contributed by atoms with E-state index in [4.69, 9.17) is 4.74 Å². The molecule has 3 rings (SSSR count). The predicted molar refractivity (Wildman–Crippen MR) is 94.1 cm³/mol. The molecular weight excluding hydrogens is 307 g/mol. The molecule has 0 unspecified atom stereocenters. The Balaban J connectivity index is 2.14. The van der Waals surface area contributed by atoms with Crippen LogP contribution < -0.4 is 10.6 Å². The van der Waals surface area contributed by atoms with Crippen molar-refractivity contribution < 1.29 is 14.4 Å². The van der Waals surface area contributed by atoms with E-state index in [1.165, 1.54) is 0 Å². The van der Waals surface area contributed by atoms with Gasteiger partial charge in [0.2, 0.25) is 0 Å². The molecule has 0 aromatic heterocycles. The van der Waals surface area contributed by atoms with E-state index in [0.717, 1.165) is 10.6 Å². The van der Waals surface area contributed by atoms with E-state index in [2.05, 4.69) is 13.8 Å². The Kier molecular flexibility index (Phi) is 4.72. The van der Waals surface area contributed by atoms with Gasteiger partial charge in [-0.15, -0.1) is 0 Å². The minimum Gasteiger partial charge on any atom is -0.394 e. The van der Waals surface area contributed by atoms with Gasteiger partial charge in [-0.1, -0.05) is 74.5 Å². The van der Waals surface area contributed by atoms with Gasteiger partial charge in [-0.25, -0.2) is 0 Å². The summed E-state index contributed by atoms with van der Waals surface area (Å²) in [5.74, 6) is 0.183. The highest BCUT2D eigenvalue weighted by atomic mass is 31.2. The monoisotopic (exact) mass is 330 g/mol. The molecule has 1 N–H and O–H groups in total. The fourth-order valence-corrected chi connectivity index (χ4v) is 7.13. The SMILES string of the molecule is CC(C)[C@H]([C@H]1O[C@@H]1CO)P(=O)(c1ccccc1)c1ccccc1. The van der Waals surface area contributed by atoms with Crippen molar-refractivity contribution in [2.45, 2.75) is 31.7 Å². The van der Waals surface area contributed by atoms with Gasteiger partial charge in [0.1, 0.15) is 13.2 Å². The van der Waals surface area contributed by atoms with E-state index in [1.807, 2.05) is 60.7 Å². The maximum absolute atomic E-state index is 14.3. The van der Waals surface area contributed by atoms with E-state index >= 15 is 0 Å². The van der Waals surface area contributed by atoms with Crippen LogP contribution in [0, 0.1) is 5.92 Å². The summed E-state index contributed by atoms with van der Waals surface area (Å²) in [6.07, 6.45) is -0.339. The first-order valence-electron chi connectivity index (χ1n) is 8.06. The second-order valence-corrected chi connectivity index (χ2v) is 9.33. The molecule has 0 bridgehead atoms. The predicted octanol–water partition coefficient (Wildman–Crippen LogP) is 2.78. The van der Waals surface area contributed by atoms with Crippen LogP contribution in [0.2, 0.25) is 0 Å². The number of ether oxygens (including phenoxy) is 1. The molecule has 2 aromatic carbocycles. The number of hydrogen-bond donors (Lipinski definition) is 1. The van der Waals surface area contributed by atoms with Crippen LogP contribution in [-0.4, -0.2) is 29.6 Å². The van der Waals surface area contributed by atoms with Crippen LogP contribution in [0.1, 0.15) is 13.8 Å². The Labute approximate surface area is 137 Å². The lowest BCUT2D eigenvalue weighted by Gasteiger charge is -2.30. The lowest BCUT2D eigenvalue weighted by atomic mass is 10.1. The first-order chi connectivity index (χ1) is 11.1. The molecule has 4 heteroatoms. The number of aliphatic hydroxyl groups excluding tert-OH is 1. The van der Waals surface area contributed by atoms with E-state index < -0.39 is 7.14 Å². The van der Waals surface area contributed by atoms with Crippen LogP contribution >= 0.6 is 7.14 Å². The quantitative estimate of drug-likeness (QED) is 0.654. The highest BCUT2D eigenvalue weighted by molar-refractivity contribution is 7.79. The molecule has 0 saturated carbocycles. The van der Waals surface area contributed by atoms with Crippen molar-refractivity contribution in [2.75, 3.05) is 6.61 Å². The van der Waals surface area contributed by atoms with Crippen molar-refractivity contribution in [1.29, 1.82) is 0 Å². The van der Waals surface area contributed by atoms with Gasteiger partial charge in [-0.2, -0.15) is 0 Å². The highest BCUT2D eigenvalue weighted by Gasteiger charge is 2.54. The van der Waals surface area contributed by atoms with Crippen molar-refractivity contribution in [3.63, 3.8) is 0 Å². The fourth-order valence-electron chi connectivity index (χ4n) is 3.40. The number of epoxide rings is 1. The Morgan fingerprint density at radius 3 is 1.83 bits per heavy atom. The van der Waals surface area contributed by atoms with Crippen molar-refractivity contribution >= 4 is 17.8 Å². The standard InChI is InChI=1S/C19H23O3P/c1-14(2)19(18-17(13-20)22-18)23(21,15-9-5-3-6-10-15)16-11-7-4-8-12-16/h3-12,14,17-20H,13H2,1-2H3/t17-,18+,19-/m1/s1. The first kappa shape index (κ1) is 16.4. The van der Waals surface area contributed by atoms with E-state index in [0.29, 0.717) is 0 Å². The highest BCUT2D eigenvalue weighted by Crippen LogP contribution is 2.56. The molecular formula is C19H23O3P. The van der Waals surface area contributed by atoms with E-state index in [9.17, 15) is 9.67 Å². The van der Waals surface area contributed by atoms with Gasteiger partial charge < -0.3 is 14.4 Å². The van der Waals surface area contributed by atoms with Crippen molar-refractivity contribution in [1.82, 2.24) is 0 Å². The largest absolute Gasteiger partial charge is 0.394 e. The Bertz CT molecular complexity index is 641. The minimum atomic E-state index is -2.87. The summed E-state index contributed by atoms with van der Waals surface area (Å²) < 4.78 is 20.0. The molecule has 1 saturated heterocycles. The molecule has 0 amide bonds. The third-order valence-electron chi connectivity index (χ3n) is 4.52. The summed E-state index contributed by atoms with van der Waals surface area (Å²) in [5.41, 5.74) is -0.135. The van der Waals surface area contributed by atoms with Crippen LogP contribution in [-0.2, 0) is 9.30 Å². The number of hydrogen-bond acceptors (Lipinski definition) is 3. The van der Waals surface area contributed by atoms with Crippen LogP contribution in [0.25, 0.3) is 0 Å². The molecule has 1 aliphatic rings. The Morgan fingerprint density at radius 1 is 1.00 bits per heavy atom.